The van der Waals surface area contributed by atoms with E-state index in [-0.39, 0.29) is 23.1 Å². The van der Waals surface area contributed by atoms with Crippen LogP contribution in [0.15, 0.2) is 4.79 Å². The molecule has 2 aromatic heterocycles. The van der Waals surface area contributed by atoms with Gasteiger partial charge in [0.1, 0.15) is 10.7 Å². The van der Waals surface area contributed by atoms with Crippen LogP contribution in [0.2, 0.25) is 0 Å². The van der Waals surface area contributed by atoms with Crippen molar-refractivity contribution in [3.8, 4) is 6.07 Å². The van der Waals surface area contributed by atoms with E-state index in [1.54, 1.807) is 11.3 Å². The van der Waals surface area contributed by atoms with Crippen molar-refractivity contribution in [2.45, 2.75) is 63.7 Å². The zero-order chi connectivity index (χ0) is 17.4. The Morgan fingerprint density at radius 2 is 1.96 bits per heavy atom. The van der Waals surface area contributed by atoms with Crippen LogP contribution in [0.4, 0.5) is 0 Å². The molecule has 0 bridgehead atoms. The van der Waals surface area contributed by atoms with Gasteiger partial charge in [-0.1, -0.05) is 19.3 Å². The van der Waals surface area contributed by atoms with Crippen molar-refractivity contribution in [3.05, 3.63) is 26.6 Å². The lowest BCUT2D eigenvalue weighted by Gasteiger charge is -2.22. The number of ketones is 1. The second kappa shape index (κ2) is 6.72. The molecule has 2 aliphatic carbocycles. The molecule has 1 fully saturated rings. The molecule has 0 saturated heterocycles. The third-order valence-corrected chi connectivity index (χ3v) is 6.72. The molecular formula is C19H21N3O2S. The Balaban J connectivity index is 1.74. The number of aromatic nitrogens is 2. The lowest BCUT2D eigenvalue weighted by atomic mass is 9.82. The smallest absolute Gasteiger partial charge is 0.259 e. The second-order valence-electron chi connectivity index (χ2n) is 7.14. The molecule has 0 amide bonds. The zero-order valence-corrected chi connectivity index (χ0v) is 15.0. The molecule has 1 unspecified atom stereocenters. The summed E-state index contributed by atoms with van der Waals surface area (Å²) in [5.74, 6) is -0.879. The number of rotatable bonds is 3. The van der Waals surface area contributed by atoms with Crippen molar-refractivity contribution in [2.24, 2.45) is 5.92 Å². The number of thiophene rings is 1. The van der Waals surface area contributed by atoms with Gasteiger partial charge in [-0.05, 0) is 44.1 Å². The monoisotopic (exact) mass is 355 g/mol. The number of hydrogen-bond acceptors (Lipinski definition) is 5. The number of carbonyl (C=O) groups is 1. The van der Waals surface area contributed by atoms with Gasteiger partial charge in [-0.15, -0.1) is 11.3 Å². The van der Waals surface area contributed by atoms with E-state index < -0.39 is 5.92 Å². The molecule has 0 aromatic carbocycles. The molecule has 2 aromatic rings. The molecule has 1 saturated carbocycles. The highest BCUT2D eigenvalue weighted by Gasteiger charge is 2.32. The second-order valence-corrected chi connectivity index (χ2v) is 8.23. The van der Waals surface area contributed by atoms with Gasteiger partial charge in [-0.25, -0.2) is 4.98 Å². The lowest BCUT2D eigenvalue weighted by Crippen LogP contribution is -2.26. The predicted molar refractivity (Wildman–Crippen MR) is 96.8 cm³/mol. The Labute approximate surface area is 150 Å². The van der Waals surface area contributed by atoms with E-state index in [9.17, 15) is 14.9 Å². The normalized spacial score (nSPS) is 19.3. The minimum atomic E-state index is -0.959. The number of Topliss-reactive ketones (excluding diaryl/α,β-unsaturated/α-hetero) is 1. The van der Waals surface area contributed by atoms with E-state index in [0.29, 0.717) is 10.2 Å². The van der Waals surface area contributed by atoms with Crippen LogP contribution < -0.4 is 5.56 Å². The van der Waals surface area contributed by atoms with Gasteiger partial charge >= 0.3 is 0 Å². The number of hydrogen-bond donors (Lipinski definition) is 1. The van der Waals surface area contributed by atoms with E-state index in [1.807, 2.05) is 0 Å². The van der Waals surface area contributed by atoms with Gasteiger partial charge in [-0.2, -0.15) is 5.26 Å². The zero-order valence-electron chi connectivity index (χ0n) is 14.1. The maximum absolute atomic E-state index is 12.8. The van der Waals surface area contributed by atoms with Crippen LogP contribution in [0.1, 0.15) is 67.1 Å². The summed E-state index contributed by atoms with van der Waals surface area (Å²) < 4.78 is 0. The van der Waals surface area contributed by atoms with Gasteiger partial charge in [0.2, 0.25) is 0 Å². The highest BCUT2D eigenvalue weighted by Crippen LogP contribution is 2.34. The average molecular weight is 355 g/mol. The van der Waals surface area contributed by atoms with Crippen LogP contribution in [0.3, 0.4) is 0 Å². The van der Waals surface area contributed by atoms with Crippen molar-refractivity contribution in [1.29, 1.82) is 5.26 Å². The van der Waals surface area contributed by atoms with Crippen LogP contribution in [0, 0.1) is 17.2 Å². The Bertz CT molecular complexity index is 915. The maximum Gasteiger partial charge on any atom is 0.259 e. The number of nitrogens with one attached hydrogen (secondary N) is 1. The van der Waals surface area contributed by atoms with Crippen molar-refractivity contribution < 1.29 is 4.79 Å². The fourth-order valence-corrected chi connectivity index (χ4v) is 5.47. The molecule has 5 nitrogen and oxygen atoms in total. The number of nitriles is 1. The minimum absolute atomic E-state index is 0.0732. The molecule has 1 N–H and O–H groups in total. The number of aryl methyl sites for hydroxylation is 2. The maximum atomic E-state index is 12.8. The quantitative estimate of drug-likeness (QED) is 0.911. The molecule has 1 atom stereocenters. The Kier molecular flexibility index (Phi) is 4.43. The third kappa shape index (κ3) is 2.91. The van der Waals surface area contributed by atoms with Gasteiger partial charge in [0, 0.05) is 10.8 Å². The van der Waals surface area contributed by atoms with Crippen molar-refractivity contribution in [3.63, 3.8) is 0 Å². The standard InChI is InChI=1S/C19H21N3O2S/c20-10-13(16(23)11-6-2-1-3-7-11)17-21-18(24)15-12-8-4-5-9-14(12)25-19(15)22-17/h11,13H,1-9H2,(H,21,22,24). The minimum Gasteiger partial charge on any atom is -0.308 e. The molecular weight excluding hydrogens is 334 g/mol. The van der Waals surface area contributed by atoms with Crippen molar-refractivity contribution in [1.82, 2.24) is 9.97 Å². The molecule has 6 heteroatoms. The summed E-state index contributed by atoms with van der Waals surface area (Å²) in [6, 6.07) is 2.09. The van der Waals surface area contributed by atoms with Gasteiger partial charge < -0.3 is 4.98 Å². The number of nitrogens with zero attached hydrogens (tertiary/aromatic N) is 2. The van der Waals surface area contributed by atoms with Crippen molar-refractivity contribution in [2.75, 3.05) is 0 Å². The van der Waals surface area contributed by atoms with Crippen molar-refractivity contribution >= 4 is 27.3 Å². The molecule has 2 heterocycles. The van der Waals surface area contributed by atoms with Gasteiger partial charge in [-0.3, -0.25) is 9.59 Å². The largest absolute Gasteiger partial charge is 0.308 e. The predicted octanol–water partition coefficient (Wildman–Crippen LogP) is 3.62. The summed E-state index contributed by atoms with van der Waals surface area (Å²) in [6.07, 6.45) is 9.07. The van der Waals surface area contributed by atoms with Gasteiger partial charge in [0.25, 0.3) is 5.56 Å². The molecule has 0 aliphatic heterocycles. The van der Waals surface area contributed by atoms with Crippen LogP contribution in [-0.4, -0.2) is 15.8 Å². The van der Waals surface area contributed by atoms with Crippen LogP contribution in [0.5, 0.6) is 0 Å². The fraction of sp³-hybridized carbons (Fsp3) is 0.579. The average Bonchev–Trinajstić information content (AvgIpc) is 3.02. The van der Waals surface area contributed by atoms with Crippen LogP contribution in [-0.2, 0) is 17.6 Å². The van der Waals surface area contributed by atoms with E-state index in [4.69, 9.17) is 0 Å². The molecule has 130 valence electrons. The summed E-state index contributed by atoms with van der Waals surface area (Å²) in [5.41, 5.74) is 0.926. The fourth-order valence-electron chi connectivity index (χ4n) is 4.20. The molecule has 2 aliphatic rings. The number of H-pyrrole nitrogens is 1. The summed E-state index contributed by atoms with van der Waals surface area (Å²) in [7, 11) is 0. The highest BCUT2D eigenvalue weighted by molar-refractivity contribution is 7.18. The molecule has 25 heavy (non-hydrogen) atoms. The molecule has 0 radical (unpaired) electrons. The number of fused-ring (bicyclic) bond motifs is 3. The van der Waals surface area contributed by atoms with E-state index in [1.165, 1.54) is 4.88 Å². The topological polar surface area (TPSA) is 86.6 Å². The van der Waals surface area contributed by atoms with Gasteiger partial charge in [0.05, 0.1) is 11.5 Å². The Morgan fingerprint density at radius 3 is 2.72 bits per heavy atom. The Morgan fingerprint density at radius 1 is 1.20 bits per heavy atom. The van der Waals surface area contributed by atoms with Crippen LogP contribution in [0.25, 0.3) is 10.2 Å². The first kappa shape index (κ1) is 16.5. The summed E-state index contributed by atoms with van der Waals surface area (Å²) in [4.78, 5) is 34.7. The van der Waals surface area contributed by atoms with E-state index >= 15 is 0 Å². The first-order valence-corrected chi connectivity index (χ1v) is 9.98. The first-order valence-electron chi connectivity index (χ1n) is 9.17. The number of carbonyl (C=O) groups excluding carboxylic acids is 1. The Hall–Kier alpha value is -2.00. The van der Waals surface area contributed by atoms with Gasteiger partial charge in [0.15, 0.2) is 11.7 Å². The highest BCUT2D eigenvalue weighted by atomic mass is 32.1. The third-order valence-electron chi connectivity index (χ3n) is 5.54. The SMILES string of the molecule is N#CC(C(=O)C1CCCCC1)c1nc2sc3c(c2c(=O)[nH]1)CCCC3. The van der Waals surface area contributed by atoms with E-state index in [2.05, 4.69) is 16.0 Å². The summed E-state index contributed by atoms with van der Waals surface area (Å²) in [5, 5.41) is 10.2. The molecule has 4 rings (SSSR count). The van der Waals surface area contributed by atoms with E-state index in [0.717, 1.165) is 63.4 Å². The first-order chi connectivity index (χ1) is 12.2. The molecule has 0 spiro atoms. The summed E-state index contributed by atoms with van der Waals surface area (Å²) >= 11 is 1.55. The lowest BCUT2D eigenvalue weighted by molar-refractivity contribution is -0.124. The summed E-state index contributed by atoms with van der Waals surface area (Å²) in [6.45, 7) is 0. The van der Waals surface area contributed by atoms with Crippen LogP contribution >= 0.6 is 11.3 Å². The number of aromatic amines is 1.